The molecule has 0 bridgehead atoms. The third-order valence-electron chi connectivity index (χ3n) is 1.79. The van der Waals surface area contributed by atoms with Crippen molar-refractivity contribution in [2.45, 2.75) is 5.79 Å². The fraction of sp³-hybridized carbons (Fsp3) is 1.00. The molecule has 0 aliphatic carbocycles. The van der Waals surface area contributed by atoms with E-state index in [1.165, 1.54) is 10.2 Å². The second-order valence-electron chi connectivity index (χ2n) is 2.74. The highest BCUT2D eigenvalue weighted by atomic mass is 32.2. The molecule has 5 heteroatoms. The Kier molecular flexibility index (Phi) is 3.54. The van der Waals surface area contributed by atoms with Gasteiger partial charge in [0.2, 0.25) is 0 Å². The minimum atomic E-state index is -0.240. The topological polar surface area (TPSA) is 18.5 Å². The van der Waals surface area contributed by atoms with Gasteiger partial charge in [0.15, 0.2) is 5.79 Å². The van der Waals surface area contributed by atoms with Crippen LogP contribution >= 0.6 is 35.3 Å². The molecule has 2 fully saturated rings. The van der Waals surface area contributed by atoms with Crippen molar-refractivity contribution in [1.29, 1.82) is 0 Å². The lowest BCUT2D eigenvalue weighted by molar-refractivity contribution is -0.117. The molecular formula is C7H12O2S3. The zero-order valence-corrected chi connectivity index (χ0v) is 9.23. The van der Waals surface area contributed by atoms with Gasteiger partial charge in [-0.15, -0.1) is 35.3 Å². The molecule has 70 valence electrons. The van der Waals surface area contributed by atoms with Crippen LogP contribution in [0.4, 0.5) is 0 Å². The van der Waals surface area contributed by atoms with E-state index in [0.717, 1.165) is 24.7 Å². The summed E-state index contributed by atoms with van der Waals surface area (Å²) >= 11 is 5.84. The minimum Gasteiger partial charge on any atom is -0.346 e. The van der Waals surface area contributed by atoms with Gasteiger partial charge < -0.3 is 9.47 Å². The van der Waals surface area contributed by atoms with E-state index in [4.69, 9.17) is 9.47 Å². The third-order valence-corrected chi connectivity index (χ3v) is 5.75. The van der Waals surface area contributed by atoms with Crippen molar-refractivity contribution < 1.29 is 9.47 Å². The van der Waals surface area contributed by atoms with Gasteiger partial charge in [0.1, 0.15) is 0 Å². The van der Waals surface area contributed by atoms with Gasteiger partial charge in [-0.25, -0.2) is 0 Å². The molecule has 1 spiro atoms. The zero-order chi connectivity index (χ0) is 8.28. The molecule has 2 aliphatic rings. The molecule has 2 heterocycles. The molecule has 0 radical (unpaired) electrons. The van der Waals surface area contributed by atoms with Gasteiger partial charge in [0.05, 0.1) is 13.2 Å². The monoisotopic (exact) mass is 224 g/mol. The molecule has 2 aliphatic heterocycles. The van der Waals surface area contributed by atoms with E-state index in [2.05, 4.69) is 0 Å². The number of thioether (sulfide) groups is 3. The lowest BCUT2D eigenvalue weighted by atomic mass is 10.4. The Morgan fingerprint density at radius 2 is 1.42 bits per heavy atom. The van der Waals surface area contributed by atoms with E-state index >= 15 is 0 Å². The van der Waals surface area contributed by atoms with E-state index < -0.39 is 0 Å². The molecule has 12 heavy (non-hydrogen) atoms. The Bertz CT molecular complexity index is 138. The van der Waals surface area contributed by atoms with Crippen molar-refractivity contribution in [2.75, 3.05) is 34.9 Å². The maximum absolute atomic E-state index is 5.64. The van der Waals surface area contributed by atoms with Crippen molar-refractivity contribution >= 4 is 35.3 Å². The second kappa shape index (κ2) is 4.46. The number of hydrogen-bond donors (Lipinski definition) is 0. The highest BCUT2D eigenvalue weighted by molar-refractivity contribution is 8.23. The fourth-order valence-corrected chi connectivity index (χ4v) is 5.03. The van der Waals surface area contributed by atoms with E-state index in [9.17, 15) is 0 Å². The first-order chi connectivity index (χ1) is 5.91. The average Bonchev–Trinajstić information content (AvgIpc) is 2.47. The van der Waals surface area contributed by atoms with Gasteiger partial charge in [-0.2, -0.15) is 0 Å². The summed E-state index contributed by atoms with van der Waals surface area (Å²) in [5.41, 5.74) is 0. The highest BCUT2D eigenvalue weighted by Gasteiger charge is 2.36. The van der Waals surface area contributed by atoms with Gasteiger partial charge >= 0.3 is 0 Å². The summed E-state index contributed by atoms with van der Waals surface area (Å²) in [6.07, 6.45) is 0. The summed E-state index contributed by atoms with van der Waals surface area (Å²) in [6, 6.07) is 0. The Balaban J connectivity index is 1.92. The highest BCUT2D eigenvalue weighted by Crippen LogP contribution is 2.33. The first-order valence-corrected chi connectivity index (χ1v) is 7.39. The van der Waals surface area contributed by atoms with Crippen LogP contribution in [0.15, 0.2) is 0 Å². The molecule has 2 saturated heterocycles. The van der Waals surface area contributed by atoms with Crippen molar-refractivity contribution in [1.82, 2.24) is 0 Å². The normalized spacial score (nSPS) is 30.0. The Morgan fingerprint density at radius 1 is 0.833 bits per heavy atom. The lowest BCUT2D eigenvalue weighted by Gasteiger charge is -2.28. The molecule has 2 nitrogen and oxygen atoms in total. The van der Waals surface area contributed by atoms with Crippen molar-refractivity contribution in [3.8, 4) is 0 Å². The second-order valence-corrected chi connectivity index (χ2v) is 6.43. The van der Waals surface area contributed by atoms with Crippen LogP contribution < -0.4 is 0 Å². The maximum atomic E-state index is 5.64. The summed E-state index contributed by atoms with van der Waals surface area (Å²) in [7, 11) is 0. The van der Waals surface area contributed by atoms with Gasteiger partial charge in [0.25, 0.3) is 0 Å². The molecule has 0 aromatic rings. The Labute approximate surface area is 85.5 Å². The molecule has 0 N–H and O–H groups in total. The Hall–Kier alpha value is 0.970. The molecule has 0 amide bonds. The van der Waals surface area contributed by atoms with Gasteiger partial charge in [-0.3, -0.25) is 0 Å². The maximum Gasteiger partial charge on any atom is 0.186 e. The number of ether oxygens (including phenoxy) is 2. The van der Waals surface area contributed by atoms with Crippen molar-refractivity contribution in [3.05, 3.63) is 0 Å². The quantitative estimate of drug-likeness (QED) is 0.623. The van der Waals surface area contributed by atoms with E-state index in [-0.39, 0.29) is 5.79 Å². The molecular weight excluding hydrogens is 212 g/mol. The van der Waals surface area contributed by atoms with Crippen LogP contribution in [0.25, 0.3) is 0 Å². The standard InChI is InChI=1S/C7H12O2S3/c1-2-9-7(8-1)3-10-5-12-6-11-4-7/h1-6H2. The van der Waals surface area contributed by atoms with Gasteiger partial charge in [-0.1, -0.05) is 0 Å². The molecule has 0 atom stereocenters. The predicted molar refractivity (Wildman–Crippen MR) is 56.9 cm³/mol. The summed E-state index contributed by atoms with van der Waals surface area (Å²) < 4.78 is 11.3. The van der Waals surface area contributed by atoms with Crippen LogP contribution in [0.3, 0.4) is 0 Å². The number of hydrogen-bond acceptors (Lipinski definition) is 5. The van der Waals surface area contributed by atoms with E-state index in [1.54, 1.807) is 0 Å². The smallest absolute Gasteiger partial charge is 0.186 e. The summed E-state index contributed by atoms with van der Waals surface area (Å²) in [4.78, 5) is 0. The summed E-state index contributed by atoms with van der Waals surface area (Å²) in [5.74, 6) is 1.75. The molecule has 0 aromatic heterocycles. The lowest BCUT2D eigenvalue weighted by Crippen LogP contribution is -2.36. The SMILES string of the molecule is C1COC2(CSCSCSC2)O1. The molecule has 0 saturated carbocycles. The van der Waals surface area contributed by atoms with E-state index in [1.807, 2.05) is 35.3 Å². The van der Waals surface area contributed by atoms with Crippen LogP contribution in [0, 0.1) is 0 Å². The van der Waals surface area contributed by atoms with Crippen LogP contribution in [0.2, 0.25) is 0 Å². The average molecular weight is 224 g/mol. The number of rotatable bonds is 0. The first kappa shape index (κ1) is 9.52. The van der Waals surface area contributed by atoms with Gasteiger partial charge in [0, 0.05) is 21.7 Å². The van der Waals surface area contributed by atoms with Crippen LogP contribution in [0.1, 0.15) is 0 Å². The van der Waals surface area contributed by atoms with Gasteiger partial charge in [-0.05, 0) is 0 Å². The van der Waals surface area contributed by atoms with Crippen LogP contribution in [-0.2, 0) is 9.47 Å². The molecule has 2 rings (SSSR count). The largest absolute Gasteiger partial charge is 0.346 e. The third kappa shape index (κ3) is 2.26. The zero-order valence-electron chi connectivity index (χ0n) is 6.78. The van der Waals surface area contributed by atoms with Crippen molar-refractivity contribution in [3.63, 3.8) is 0 Å². The van der Waals surface area contributed by atoms with Crippen molar-refractivity contribution in [2.24, 2.45) is 0 Å². The molecule has 0 unspecified atom stereocenters. The molecule has 0 aromatic carbocycles. The van der Waals surface area contributed by atoms with Crippen LogP contribution in [-0.4, -0.2) is 40.7 Å². The first-order valence-electron chi connectivity index (χ1n) is 3.92. The van der Waals surface area contributed by atoms with E-state index in [0.29, 0.717) is 0 Å². The minimum absolute atomic E-state index is 0.240. The summed E-state index contributed by atoms with van der Waals surface area (Å²) in [6.45, 7) is 1.54. The Morgan fingerprint density at radius 3 is 2.00 bits per heavy atom. The fourth-order valence-electron chi connectivity index (χ4n) is 1.25. The summed E-state index contributed by atoms with van der Waals surface area (Å²) in [5, 5.41) is 2.34. The predicted octanol–water partition coefficient (Wildman–Crippen LogP) is 1.86. The van der Waals surface area contributed by atoms with Crippen LogP contribution in [0.5, 0.6) is 0 Å².